The molecule has 8 heteroatoms. The van der Waals surface area contributed by atoms with Crippen molar-refractivity contribution in [2.45, 2.75) is 12.8 Å². The summed E-state index contributed by atoms with van der Waals surface area (Å²) in [5.74, 6) is 0.311. The van der Waals surface area contributed by atoms with E-state index in [4.69, 9.17) is 9.57 Å². The van der Waals surface area contributed by atoms with Gasteiger partial charge < -0.3 is 19.5 Å². The van der Waals surface area contributed by atoms with Crippen molar-refractivity contribution in [3.8, 4) is 34.3 Å². The summed E-state index contributed by atoms with van der Waals surface area (Å²) in [6.07, 6.45) is 2.99. The van der Waals surface area contributed by atoms with Crippen LogP contribution in [0, 0.1) is 11.3 Å². The number of aromatic nitrogens is 2. The lowest BCUT2D eigenvalue weighted by Gasteiger charge is -2.28. The predicted molar refractivity (Wildman–Crippen MR) is 136 cm³/mol. The zero-order valence-corrected chi connectivity index (χ0v) is 19.7. The summed E-state index contributed by atoms with van der Waals surface area (Å²) in [7, 11) is 0. The predicted octanol–water partition coefficient (Wildman–Crippen LogP) is 4.52. The molecule has 2 fully saturated rings. The first-order valence-corrected chi connectivity index (χ1v) is 12.1. The quantitative estimate of drug-likeness (QED) is 0.452. The normalized spacial score (nSPS) is 15.9. The van der Waals surface area contributed by atoms with Crippen LogP contribution >= 0.6 is 0 Å². The fourth-order valence-corrected chi connectivity index (χ4v) is 4.80. The highest BCUT2D eigenvalue weighted by Crippen LogP contribution is 2.34. The van der Waals surface area contributed by atoms with Gasteiger partial charge >= 0.3 is 0 Å². The minimum atomic E-state index is -0.0627. The molecule has 2 aromatic carbocycles. The molecule has 0 radical (unpaired) electrons. The summed E-state index contributed by atoms with van der Waals surface area (Å²) in [5, 5.41) is 12.0. The van der Waals surface area contributed by atoms with Gasteiger partial charge in [-0.1, -0.05) is 12.1 Å². The van der Waals surface area contributed by atoms with Crippen molar-refractivity contribution >= 4 is 22.5 Å². The molecule has 2 saturated heterocycles. The molecule has 0 aliphatic carbocycles. The minimum absolute atomic E-state index is 0.0627. The smallest absolute Gasteiger partial charge is 0.255 e. The largest absolute Gasteiger partial charge is 0.378 e. The van der Waals surface area contributed by atoms with Crippen LogP contribution in [-0.2, 0) is 9.53 Å². The number of hydroxylamine groups is 2. The van der Waals surface area contributed by atoms with E-state index in [-0.39, 0.29) is 5.91 Å². The Morgan fingerprint density at radius 1 is 1.00 bits per heavy atom. The van der Waals surface area contributed by atoms with E-state index >= 15 is 0 Å². The fourth-order valence-electron chi connectivity index (χ4n) is 4.80. The Hall–Kier alpha value is -4.35. The molecule has 8 nitrogen and oxygen atoms in total. The van der Waals surface area contributed by atoms with E-state index in [0.717, 1.165) is 66.1 Å². The van der Waals surface area contributed by atoms with Crippen molar-refractivity contribution in [3.63, 3.8) is 0 Å². The third-order valence-electron chi connectivity index (χ3n) is 6.71. The maximum atomic E-state index is 11.9. The molecule has 2 aliphatic rings. The second-order valence-electron chi connectivity index (χ2n) is 8.96. The lowest BCUT2D eigenvalue weighted by molar-refractivity contribution is -0.150. The van der Waals surface area contributed by atoms with E-state index in [2.05, 4.69) is 51.3 Å². The van der Waals surface area contributed by atoms with Crippen molar-refractivity contribution in [3.05, 3.63) is 66.4 Å². The van der Waals surface area contributed by atoms with E-state index in [9.17, 15) is 10.1 Å². The number of nitrogens with one attached hydrogen (secondary N) is 1. The fraction of sp³-hybridized carbons (Fsp3) is 0.250. The molecule has 2 aromatic heterocycles. The highest BCUT2D eigenvalue weighted by molar-refractivity contribution is 5.96. The summed E-state index contributed by atoms with van der Waals surface area (Å²) in [6.45, 7) is 3.87. The van der Waals surface area contributed by atoms with Crippen LogP contribution in [0.1, 0.15) is 18.4 Å². The number of carbonyl (C=O) groups is 1. The van der Waals surface area contributed by atoms with Crippen LogP contribution in [0.15, 0.2) is 60.8 Å². The molecular formula is C28H25N5O3. The number of hydrogen-bond acceptors (Lipinski definition) is 6. The minimum Gasteiger partial charge on any atom is -0.378 e. The summed E-state index contributed by atoms with van der Waals surface area (Å²) < 4.78 is 5.46. The van der Waals surface area contributed by atoms with E-state index in [1.165, 1.54) is 10.8 Å². The number of rotatable bonds is 5. The van der Waals surface area contributed by atoms with Gasteiger partial charge in [0.25, 0.3) is 5.91 Å². The number of hydrogen-bond donors (Lipinski definition) is 1. The maximum absolute atomic E-state index is 11.9. The van der Waals surface area contributed by atoms with Gasteiger partial charge in [0, 0.05) is 53.6 Å². The number of H-pyrrole nitrogens is 1. The van der Waals surface area contributed by atoms with Crippen LogP contribution in [0.25, 0.3) is 33.4 Å². The van der Waals surface area contributed by atoms with Crippen LogP contribution in [0.3, 0.4) is 0 Å². The zero-order chi connectivity index (χ0) is 24.5. The van der Waals surface area contributed by atoms with Gasteiger partial charge in [0.05, 0.1) is 31.0 Å². The Labute approximate surface area is 208 Å². The van der Waals surface area contributed by atoms with Crippen LogP contribution in [-0.4, -0.2) is 53.8 Å². The van der Waals surface area contributed by atoms with Gasteiger partial charge in [-0.2, -0.15) is 10.3 Å². The molecule has 6 rings (SSSR count). The third kappa shape index (κ3) is 4.14. The number of carbonyl (C=O) groups excluding carboxylic acids is 1. The highest BCUT2D eigenvalue weighted by Gasteiger charge is 2.23. The molecular weight excluding hydrogens is 454 g/mol. The molecule has 0 bridgehead atoms. The molecule has 4 aromatic rings. The van der Waals surface area contributed by atoms with Gasteiger partial charge in [-0.3, -0.25) is 9.78 Å². The molecule has 0 unspecified atom stereocenters. The number of aromatic amines is 1. The molecule has 1 amide bonds. The molecule has 0 spiro atoms. The van der Waals surface area contributed by atoms with Crippen molar-refractivity contribution in [1.82, 2.24) is 15.0 Å². The first-order valence-electron chi connectivity index (χ1n) is 12.1. The number of nitriles is 1. The summed E-state index contributed by atoms with van der Waals surface area (Å²) in [5.41, 5.74) is 6.20. The number of ether oxygens (including phenoxy) is 1. The number of amides is 1. The van der Waals surface area contributed by atoms with Crippen LogP contribution in [0.4, 0.5) is 5.69 Å². The Morgan fingerprint density at radius 3 is 2.56 bits per heavy atom. The van der Waals surface area contributed by atoms with E-state index in [1.807, 2.05) is 12.1 Å². The lowest BCUT2D eigenvalue weighted by atomic mass is 10.0. The Balaban J connectivity index is 1.30. The number of fused-ring (bicyclic) bond motifs is 1. The number of benzene rings is 2. The maximum Gasteiger partial charge on any atom is 0.255 e. The second kappa shape index (κ2) is 9.36. The SMILES string of the molecule is N#Cc1cc(-c2nccc3[nH]c(-c4ccc(N5CCOCC5)cc4)cc23)ccc1ON1CCCC1=O. The third-order valence-corrected chi connectivity index (χ3v) is 6.71. The van der Waals surface area contributed by atoms with Crippen molar-refractivity contribution in [2.75, 3.05) is 37.7 Å². The van der Waals surface area contributed by atoms with Crippen LogP contribution < -0.4 is 9.74 Å². The average molecular weight is 480 g/mol. The number of morpholine rings is 1. The van der Waals surface area contributed by atoms with Gasteiger partial charge in [0.1, 0.15) is 6.07 Å². The van der Waals surface area contributed by atoms with Crippen molar-refractivity contribution in [2.24, 2.45) is 0 Å². The first kappa shape index (κ1) is 22.1. The van der Waals surface area contributed by atoms with Crippen LogP contribution in [0.2, 0.25) is 0 Å². The molecule has 180 valence electrons. The van der Waals surface area contributed by atoms with E-state index in [0.29, 0.717) is 24.3 Å². The average Bonchev–Trinajstić information content (AvgIpc) is 3.55. The first-order chi connectivity index (χ1) is 17.7. The molecule has 36 heavy (non-hydrogen) atoms. The topological polar surface area (TPSA) is 94.5 Å². The van der Waals surface area contributed by atoms with Crippen molar-refractivity contribution < 1.29 is 14.4 Å². The van der Waals surface area contributed by atoms with Gasteiger partial charge in [0.15, 0.2) is 5.75 Å². The standard InChI is InChI=1S/C28H25N5O3/c29-18-21-16-20(5-8-26(21)36-33-11-1-2-27(33)34)28-23-17-25(31-24(23)9-10-30-28)19-3-6-22(7-4-19)32-12-14-35-15-13-32/h3-10,16-17,31H,1-2,11-15H2. The highest BCUT2D eigenvalue weighted by atomic mass is 16.7. The van der Waals surface area contributed by atoms with Gasteiger partial charge in [-0.25, -0.2) is 0 Å². The number of nitrogens with zero attached hydrogens (tertiary/aromatic N) is 4. The monoisotopic (exact) mass is 479 g/mol. The summed E-state index contributed by atoms with van der Waals surface area (Å²) >= 11 is 0. The Morgan fingerprint density at radius 2 is 1.81 bits per heavy atom. The zero-order valence-electron chi connectivity index (χ0n) is 19.7. The Bertz CT molecular complexity index is 1470. The summed E-state index contributed by atoms with van der Waals surface area (Å²) in [4.78, 5) is 28.1. The van der Waals surface area contributed by atoms with Gasteiger partial charge in [0.2, 0.25) is 0 Å². The number of anilines is 1. The molecule has 0 atom stereocenters. The van der Waals surface area contributed by atoms with E-state index in [1.54, 1.807) is 18.3 Å². The molecule has 0 saturated carbocycles. The summed E-state index contributed by atoms with van der Waals surface area (Å²) in [6, 6.07) is 20.2. The second-order valence-corrected chi connectivity index (χ2v) is 8.96. The molecule has 4 heterocycles. The van der Waals surface area contributed by atoms with Gasteiger partial charge in [-0.15, -0.1) is 0 Å². The molecule has 2 aliphatic heterocycles. The van der Waals surface area contributed by atoms with E-state index < -0.39 is 0 Å². The van der Waals surface area contributed by atoms with Crippen LogP contribution in [0.5, 0.6) is 5.75 Å². The lowest BCUT2D eigenvalue weighted by Crippen LogP contribution is -2.36. The number of pyridine rings is 1. The van der Waals surface area contributed by atoms with Crippen molar-refractivity contribution in [1.29, 1.82) is 5.26 Å². The molecule has 1 N–H and O–H groups in total. The Kier molecular flexibility index (Phi) is 5.76. The van der Waals surface area contributed by atoms with Gasteiger partial charge in [-0.05, 0) is 54.4 Å².